The van der Waals surface area contributed by atoms with Crippen LogP contribution in [0.25, 0.3) is 0 Å². The van der Waals surface area contributed by atoms with Crippen LogP contribution in [0.3, 0.4) is 0 Å². The molecule has 0 spiro atoms. The SMILES string of the molecule is CCCCCCN(CC(=O)Nc1nccs1)C(=O)[C@H](CC)c1ccccc1. The molecule has 1 N–H and O–H groups in total. The summed E-state index contributed by atoms with van der Waals surface area (Å²) in [6, 6.07) is 9.82. The van der Waals surface area contributed by atoms with Gasteiger partial charge < -0.3 is 10.2 Å². The van der Waals surface area contributed by atoms with Crippen LogP contribution in [0.2, 0.25) is 0 Å². The maximum Gasteiger partial charge on any atom is 0.245 e. The average Bonchev–Trinajstić information content (AvgIpc) is 3.18. The van der Waals surface area contributed by atoms with Crippen molar-refractivity contribution in [3.05, 3.63) is 47.5 Å². The van der Waals surface area contributed by atoms with Crippen LogP contribution in [-0.4, -0.2) is 34.8 Å². The first-order chi connectivity index (χ1) is 13.2. The normalized spacial score (nSPS) is 11.8. The van der Waals surface area contributed by atoms with Crippen molar-refractivity contribution in [2.45, 2.75) is 51.9 Å². The van der Waals surface area contributed by atoms with Crippen LogP contribution < -0.4 is 5.32 Å². The van der Waals surface area contributed by atoms with E-state index in [1.807, 2.05) is 42.6 Å². The van der Waals surface area contributed by atoms with Crippen molar-refractivity contribution in [3.63, 3.8) is 0 Å². The Hall–Kier alpha value is -2.21. The number of thiazole rings is 1. The number of benzene rings is 1. The number of unbranched alkanes of at least 4 members (excludes halogenated alkanes) is 3. The molecule has 0 bridgehead atoms. The highest BCUT2D eigenvalue weighted by Gasteiger charge is 2.25. The van der Waals surface area contributed by atoms with Crippen LogP contribution in [-0.2, 0) is 9.59 Å². The molecule has 2 aromatic rings. The summed E-state index contributed by atoms with van der Waals surface area (Å²) in [5.41, 5.74) is 1.00. The van der Waals surface area contributed by atoms with Gasteiger partial charge in [0.15, 0.2) is 5.13 Å². The predicted octanol–water partition coefficient (Wildman–Crippen LogP) is 4.68. The monoisotopic (exact) mass is 387 g/mol. The second-order valence-corrected chi connectivity index (χ2v) is 7.47. The van der Waals surface area contributed by atoms with Gasteiger partial charge in [-0.05, 0) is 18.4 Å². The number of nitrogens with one attached hydrogen (secondary N) is 1. The van der Waals surface area contributed by atoms with Gasteiger partial charge in [-0.2, -0.15) is 0 Å². The van der Waals surface area contributed by atoms with E-state index in [-0.39, 0.29) is 24.3 Å². The second-order valence-electron chi connectivity index (χ2n) is 6.58. The molecular weight excluding hydrogens is 358 g/mol. The van der Waals surface area contributed by atoms with Crippen molar-refractivity contribution in [2.24, 2.45) is 0 Å². The fourth-order valence-electron chi connectivity index (χ4n) is 3.07. The Morgan fingerprint density at radius 3 is 2.56 bits per heavy atom. The van der Waals surface area contributed by atoms with E-state index >= 15 is 0 Å². The molecule has 0 aliphatic carbocycles. The molecule has 5 nitrogen and oxygen atoms in total. The van der Waals surface area contributed by atoms with Gasteiger partial charge in [-0.15, -0.1) is 11.3 Å². The Kier molecular flexibility index (Phi) is 8.98. The zero-order chi connectivity index (χ0) is 19.5. The minimum absolute atomic E-state index is 0.0227. The summed E-state index contributed by atoms with van der Waals surface area (Å²) in [5.74, 6) is -0.392. The van der Waals surface area contributed by atoms with Gasteiger partial charge in [0, 0.05) is 18.1 Å². The molecule has 6 heteroatoms. The number of nitrogens with zero attached hydrogens (tertiary/aromatic N) is 2. The maximum atomic E-state index is 13.2. The molecule has 2 rings (SSSR count). The lowest BCUT2D eigenvalue weighted by Gasteiger charge is -2.27. The third kappa shape index (κ3) is 6.79. The molecule has 0 saturated heterocycles. The van der Waals surface area contributed by atoms with E-state index in [0.717, 1.165) is 31.2 Å². The lowest BCUT2D eigenvalue weighted by Crippen LogP contribution is -2.41. The summed E-state index contributed by atoms with van der Waals surface area (Å²) >= 11 is 1.37. The summed E-state index contributed by atoms with van der Waals surface area (Å²) in [5, 5.41) is 5.15. The van der Waals surface area contributed by atoms with Crippen LogP contribution in [0.15, 0.2) is 41.9 Å². The molecule has 0 unspecified atom stereocenters. The first kappa shape index (κ1) is 21.1. The van der Waals surface area contributed by atoms with E-state index in [0.29, 0.717) is 18.1 Å². The van der Waals surface area contributed by atoms with E-state index in [2.05, 4.69) is 17.2 Å². The standard InChI is InChI=1S/C21H29N3O2S/c1-3-5-6-10-14-24(16-19(25)23-21-22-13-15-27-21)20(26)18(4-2)17-11-8-7-9-12-17/h7-9,11-13,15,18H,3-6,10,14,16H2,1-2H3,(H,22,23,25)/t18-/m1/s1. The van der Waals surface area contributed by atoms with E-state index < -0.39 is 0 Å². The van der Waals surface area contributed by atoms with Gasteiger partial charge in [-0.1, -0.05) is 63.4 Å². The topological polar surface area (TPSA) is 62.3 Å². The van der Waals surface area contributed by atoms with Crippen LogP contribution in [0.5, 0.6) is 0 Å². The van der Waals surface area contributed by atoms with E-state index in [9.17, 15) is 9.59 Å². The number of hydrogen-bond donors (Lipinski definition) is 1. The lowest BCUT2D eigenvalue weighted by atomic mass is 9.95. The first-order valence-corrected chi connectivity index (χ1v) is 10.6. The molecule has 146 valence electrons. The van der Waals surface area contributed by atoms with Crippen LogP contribution in [0.4, 0.5) is 5.13 Å². The van der Waals surface area contributed by atoms with E-state index in [1.54, 1.807) is 11.1 Å². The molecule has 0 aliphatic heterocycles. The molecule has 0 radical (unpaired) electrons. The fraction of sp³-hybridized carbons (Fsp3) is 0.476. The van der Waals surface area contributed by atoms with Crippen molar-refractivity contribution in [2.75, 3.05) is 18.4 Å². The number of hydrogen-bond acceptors (Lipinski definition) is 4. The van der Waals surface area contributed by atoms with Gasteiger partial charge in [0.25, 0.3) is 0 Å². The van der Waals surface area contributed by atoms with Crippen molar-refractivity contribution in [1.29, 1.82) is 0 Å². The Morgan fingerprint density at radius 1 is 1.15 bits per heavy atom. The van der Waals surface area contributed by atoms with Crippen molar-refractivity contribution < 1.29 is 9.59 Å². The smallest absolute Gasteiger partial charge is 0.245 e. The minimum Gasteiger partial charge on any atom is -0.333 e. The van der Waals surface area contributed by atoms with Crippen molar-refractivity contribution in [3.8, 4) is 0 Å². The van der Waals surface area contributed by atoms with Gasteiger partial charge in [0.1, 0.15) is 0 Å². The van der Waals surface area contributed by atoms with Gasteiger partial charge in [-0.3, -0.25) is 9.59 Å². The number of anilines is 1. The van der Waals surface area contributed by atoms with E-state index in [4.69, 9.17) is 0 Å². The second kappa shape index (κ2) is 11.5. The minimum atomic E-state index is -0.218. The van der Waals surface area contributed by atoms with Gasteiger partial charge in [0.05, 0.1) is 12.5 Å². The molecule has 1 heterocycles. The summed E-state index contributed by atoms with van der Waals surface area (Å²) in [6.07, 6.45) is 6.62. The average molecular weight is 388 g/mol. The van der Waals surface area contributed by atoms with E-state index in [1.165, 1.54) is 11.3 Å². The Bertz CT molecular complexity index is 689. The largest absolute Gasteiger partial charge is 0.333 e. The molecule has 0 saturated carbocycles. The summed E-state index contributed by atoms with van der Waals surface area (Å²) in [6.45, 7) is 4.84. The zero-order valence-corrected chi connectivity index (χ0v) is 17.0. The summed E-state index contributed by atoms with van der Waals surface area (Å²) in [4.78, 5) is 31.4. The molecule has 27 heavy (non-hydrogen) atoms. The summed E-state index contributed by atoms with van der Waals surface area (Å²) < 4.78 is 0. The third-order valence-electron chi connectivity index (χ3n) is 4.51. The molecule has 1 aromatic heterocycles. The van der Waals surface area contributed by atoms with Crippen molar-refractivity contribution in [1.82, 2.24) is 9.88 Å². The number of carbonyl (C=O) groups excluding carboxylic acids is 2. The highest BCUT2D eigenvalue weighted by molar-refractivity contribution is 7.13. The van der Waals surface area contributed by atoms with Crippen LogP contribution >= 0.6 is 11.3 Å². The van der Waals surface area contributed by atoms with Crippen LogP contribution in [0, 0.1) is 0 Å². The highest BCUT2D eigenvalue weighted by Crippen LogP contribution is 2.22. The highest BCUT2D eigenvalue weighted by atomic mass is 32.1. The van der Waals surface area contributed by atoms with Gasteiger partial charge >= 0.3 is 0 Å². The number of rotatable bonds is 11. The molecule has 1 atom stereocenters. The molecule has 0 fully saturated rings. The fourth-order valence-corrected chi connectivity index (χ4v) is 3.62. The Balaban J connectivity index is 2.06. The first-order valence-electron chi connectivity index (χ1n) is 9.68. The van der Waals surface area contributed by atoms with Crippen molar-refractivity contribution >= 4 is 28.3 Å². The predicted molar refractivity (Wildman–Crippen MR) is 111 cm³/mol. The molecule has 2 amide bonds. The Morgan fingerprint density at radius 2 is 1.93 bits per heavy atom. The van der Waals surface area contributed by atoms with Gasteiger partial charge in [-0.25, -0.2) is 4.98 Å². The number of carbonyl (C=O) groups is 2. The molecular formula is C21H29N3O2S. The summed E-state index contributed by atoms with van der Waals surface area (Å²) in [7, 11) is 0. The Labute approximate surface area is 165 Å². The lowest BCUT2D eigenvalue weighted by molar-refractivity contribution is -0.136. The number of aromatic nitrogens is 1. The third-order valence-corrected chi connectivity index (χ3v) is 5.20. The quantitative estimate of drug-likeness (QED) is 0.569. The molecule has 0 aliphatic rings. The van der Waals surface area contributed by atoms with Gasteiger partial charge in [0.2, 0.25) is 11.8 Å². The van der Waals surface area contributed by atoms with Crippen LogP contribution in [0.1, 0.15) is 57.4 Å². The molecule has 1 aromatic carbocycles. The zero-order valence-electron chi connectivity index (χ0n) is 16.2. The number of amides is 2. The maximum absolute atomic E-state index is 13.2.